The van der Waals surface area contributed by atoms with Crippen molar-refractivity contribution in [1.29, 1.82) is 0 Å². The molecule has 1 aromatic heterocycles. The van der Waals surface area contributed by atoms with Crippen molar-refractivity contribution in [3.8, 4) is 0 Å². The van der Waals surface area contributed by atoms with E-state index in [2.05, 4.69) is 22.5 Å². The highest BCUT2D eigenvalue weighted by Crippen LogP contribution is 2.32. The van der Waals surface area contributed by atoms with Crippen molar-refractivity contribution in [3.05, 3.63) is 16.1 Å². The van der Waals surface area contributed by atoms with Crippen LogP contribution in [0.1, 0.15) is 29.7 Å². The number of amides is 2. The van der Waals surface area contributed by atoms with Crippen LogP contribution in [0.15, 0.2) is 6.20 Å². The number of carbonyl (C=O) groups excluding carboxylic acids is 1. The number of carbonyl (C=O) groups is 1. The van der Waals surface area contributed by atoms with E-state index in [9.17, 15) is 9.90 Å². The van der Waals surface area contributed by atoms with Crippen molar-refractivity contribution in [2.45, 2.75) is 38.8 Å². The van der Waals surface area contributed by atoms with E-state index < -0.39 is 6.10 Å². The van der Waals surface area contributed by atoms with E-state index in [4.69, 9.17) is 0 Å². The number of aliphatic hydroxyl groups is 1. The molecule has 100 valence electrons. The fraction of sp³-hybridized carbons (Fsp3) is 0.667. The third-order valence-corrected chi connectivity index (χ3v) is 4.13. The molecule has 1 fully saturated rings. The second-order valence-corrected chi connectivity index (χ2v) is 5.74. The number of rotatable bonds is 6. The Balaban J connectivity index is 1.64. The van der Waals surface area contributed by atoms with Gasteiger partial charge in [0, 0.05) is 17.6 Å². The number of urea groups is 1. The van der Waals surface area contributed by atoms with Gasteiger partial charge >= 0.3 is 6.03 Å². The summed E-state index contributed by atoms with van der Waals surface area (Å²) < 4.78 is 0. The first-order valence-electron chi connectivity index (χ1n) is 6.32. The lowest BCUT2D eigenvalue weighted by Crippen LogP contribution is -2.39. The third kappa shape index (κ3) is 3.96. The van der Waals surface area contributed by atoms with E-state index in [0.29, 0.717) is 19.0 Å². The molecule has 0 saturated heterocycles. The molecule has 2 amide bonds. The molecule has 1 aromatic rings. The molecule has 0 aliphatic heterocycles. The third-order valence-electron chi connectivity index (χ3n) is 2.99. The van der Waals surface area contributed by atoms with Crippen molar-refractivity contribution in [3.63, 3.8) is 0 Å². The summed E-state index contributed by atoms with van der Waals surface area (Å²) in [5.41, 5.74) is 0. The fourth-order valence-corrected chi connectivity index (χ4v) is 2.46. The van der Waals surface area contributed by atoms with E-state index in [1.807, 2.05) is 6.20 Å². The molecular weight excluding hydrogens is 250 g/mol. The predicted octanol–water partition coefficient (Wildman–Crippen LogP) is 1.28. The molecule has 0 unspecified atom stereocenters. The zero-order chi connectivity index (χ0) is 13.0. The molecule has 2 rings (SSSR count). The van der Waals surface area contributed by atoms with Crippen LogP contribution in [0.2, 0.25) is 0 Å². The molecule has 1 aliphatic rings. The van der Waals surface area contributed by atoms with E-state index >= 15 is 0 Å². The molecule has 0 bridgehead atoms. The van der Waals surface area contributed by atoms with Gasteiger partial charge in [0.1, 0.15) is 5.01 Å². The normalized spacial score (nSPS) is 16.3. The first kappa shape index (κ1) is 13.3. The molecule has 1 heterocycles. The highest BCUT2D eigenvalue weighted by atomic mass is 32.1. The van der Waals surface area contributed by atoms with E-state index in [1.165, 1.54) is 4.88 Å². The largest absolute Gasteiger partial charge is 0.391 e. The molecule has 6 heteroatoms. The molecule has 1 saturated carbocycles. The van der Waals surface area contributed by atoms with Gasteiger partial charge in [-0.15, -0.1) is 11.3 Å². The molecule has 0 aromatic carbocycles. The highest BCUT2D eigenvalue weighted by molar-refractivity contribution is 7.11. The Bertz CT molecular complexity index is 404. The first-order chi connectivity index (χ1) is 8.69. The van der Waals surface area contributed by atoms with Crippen molar-refractivity contribution >= 4 is 17.4 Å². The van der Waals surface area contributed by atoms with Gasteiger partial charge in [0.15, 0.2) is 0 Å². The summed E-state index contributed by atoms with van der Waals surface area (Å²) in [5.74, 6) is 0.386. The van der Waals surface area contributed by atoms with Gasteiger partial charge in [0.2, 0.25) is 0 Å². The lowest BCUT2D eigenvalue weighted by molar-refractivity contribution is 0.149. The van der Waals surface area contributed by atoms with Crippen molar-refractivity contribution in [1.82, 2.24) is 15.6 Å². The summed E-state index contributed by atoms with van der Waals surface area (Å²) in [4.78, 5) is 16.9. The minimum Gasteiger partial charge on any atom is -0.391 e. The van der Waals surface area contributed by atoms with Gasteiger partial charge in [-0.3, -0.25) is 0 Å². The van der Waals surface area contributed by atoms with Crippen LogP contribution in [-0.2, 0) is 13.0 Å². The molecule has 1 atom stereocenters. The van der Waals surface area contributed by atoms with E-state index in [-0.39, 0.29) is 6.03 Å². The number of aromatic nitrogens is 1. The summed E-state index contributed by atoms with van der Waals surface area (Å²) in [6.07, 6.45) is 4.56. The molecule has 1 aliphatic carbocycles. The molecular formula is C12H19N3O2S. The number of aliphatic hydroxyl groups excluding tert-OH is 1. The number of thiazole rings is 1. The quantitative estimate of drug-likeness (QED) is 0.728. The smallest absolute Gasteiger partial charge is 0.315 e. The van der Waals surface area contributed by atoms with Gasteiger partial charge < -0.3 is 15.7 Å². The Labute approximate surface area is 111 Å². The number of nitrogens with one attached hydrogen (secondary N) is 2. The van der Waals surface area contributed by atoms with Crippen molar-refractivity contribution < 1.29 is 9.90 Å². The van der Waals surface area contributed by atoms with Crippen molar-refractivity contribution in [2.24, 2.45) is 5.92 Å². The zero-order valence-corrected chi connectivity index (χ0v) is 11.3. The lowest BCUT2D eigenvalue weighted by atomic mass is 10.2. The van der Waals surface area contributed by atoms with Crippen LogP contribution in [0.25, 0.3) is 0 Å². The van der Waals surface area contributed by atoms with Gasteiger partial charge in [0.25, 0.3) is 0 Å². The first-order valence-corrected chi connectivity index (χ1v) is 7.14. The van der Waals surface area contributed by atoms with Gasteiger partial charge in [-0.25, -0.2) is 9.78 Å². The lowest BCUT2D eigenvalue weighted by Gasteiger charge is -2.10. The Morgan fingerprint density at radius 1 is 1.61 bits per heavy atom. The van der Waals surface area contributed by atoms with Crippen LogP contribution in [0.5, 0.6) is 0 Å². The monoisotopic (exact) mass is 269 g/mol. The average Bonchev–Trinajstić information content (AvgIpc) is 3.13. The summed E-state index contributed by atoms with van der Waals surface area (Å²) in [5, 5.41) is 15.9. The van der Waals surface area contributed by atoms with Crippen LogP contribution in [-0.4, -0.2) is 28.8 Å². The summed E-state index contributed by atoms with van der Waals surface area (Å²) >= 11 is 1.61. The number of hydrogen-bond acceptors (Lipinski definition) is 4. The predicted molar refractivity (Wildman–Crippen MR) is 70.5 cm³/mol. The maximum Gasteiger partial charge on any atom is 0.315 e. The van der Waals surface area contributed by atoms with Crippen molar-refractivity contribution in [2.75, 3.05) is 6.54 Å². The molecule has 0 spiro atoms. The van der Waals surface area contributed by atoms with Gasteiger partial charge in [-0.05, 0) is 25.2 Å². The molecule has 0 radical (unpaired) electrons. The topological polar surface area (TPSA) is 74.2 Å². The van der Waals surface area contributed by atoms with Gasteiger partial charge in [-0.2, -0.15) is 0 Å². The Kier molecular flexibility index (Phi) is 4.54. The Morgan fingerprint density at radius 2 is 2.39 bits per heavy atom. The maximum atomic E-state index is 11.5. The minimum absolute atomic E-state index is 0.247. The SMILES string of the molecule is CCc1cnc(CNC(=O)NC[C@H](O)C2CC2)s1. The molecule has 3 N–H and O–H groups in total. The number of aryl methyl sites for hydroxylation is 1. The van der Waals surface area contributed by atoms with E-state index in [1.54, 1.807) is 11.3 Å². The molecule has 18 heavy (non-hydrogen) atoms. The minimum atomic E-state index is -0.401. The fourth-order valence-electron chi connectivity index (χ4n) is 1.66. The van der Waals surface area contributed by atoms with Gasteiger partial charge in [-0.1, -0.05) is 6.92 Å². The van der Waals surface area contributed by atoms with Crippen LogP contribution in [0.3, 0.4) is 0 Å². The number of nitrogens with zero attached hydrogens (tertiary/aromatic N) is 1. The Morgan fingerprint density at radius 3 is 3.00 bits per heavy atom. The van der Waals surface area contributed by atoms with Crippen LogP contribution in [0.4, 0.5) is 4.79 Å². The van der Waals surface area contributed by atoms with Crippen LogP contribution >= 0.6 is 11.3 Å². The summed E-state index contributed by atoms with van der Waals surface area (Å²) in [7, 11) is 0. The number of hydrogen-bond donors (Lipinski definition) is 3. The van der Waals surface area contributed by atoms with Gasteiger partial charge in [0.05, 0.1) is 12.6 Å². The average molecular weight is 269 g/mol. The van der Waals surface area contributed by atoms with E-state index in [0.717, 1.165) is 24.3 Å². The van der Waals surface area contributed by atoms with Crippen LogP contribution < -0.4 is 10.6 Å². The summed E-state index contributed by atoms with van der Waals surface area (Å²) in [6.45, 7) is 2.85. The summed E-state index contributed by atoms with van der Waals surface area (Å²) in [6, 6.07) is -0.247. The Hall–Kier alpha value is -1.14. The highest BCUT2D eigenvalue weighted by Gasteiger charge is 2.29. The van der Waals surface area contributed by atoms with Crippen LogP contribution in [0, 0.1) is 5.92 Å². The maximum absolute atomic E-state index is 11.5. The second kappa shape index (κ2) is 6.15. The second-order valence-electron chi connectivity index (χ2n) is 4.54. The standard InChI is InChI=1S/C12H19N3O2S/c1-2-9-5-13-11(18-9)7-15-12(17)14-6-10(16)8-3-4-8/h5,8,10,16H,2-4,6-7H2,1H3,(H2,14,15,17)/t10-/m0/s1. The zero-order valence-electron chi connectivity index (χ0n) is 10.5. The molecule has 5 nitrogen and oxygen atoms in total.